The molecule has 3 aromatic rings. The quantitative estimate of drug-likeness (QED) is 0.221. The maximum Gasteiger partial charge on any atom is 0.407 e. The SMILES string of the molecule is CC(C)(C)OC(=O)N[C@@H](CCCCOC(N)=O)C(Cc1ccccc1)N(Cc1cccs1)C(=O)Cc1cccs1. The minimum atomic E-state index is -0.813. The summed E-state index contributed by atoms with van der Waals surface area (Å²) in [6.07, 6.45) is 1.23. The van der Waals surface area contributed by atoms with Crippen molar-refractivity contribution in [1.82, 2.24) is 10.2 Å². The Kier molecular flexibility index (Phi) is 12.0. The summed E-state index contributed by atoms with van der Waals surface area (Å²) in [6.45, 7) is 6.07. The minimum absolute atomic E-state index is 0.00942. The van der Waals surface area contributed by atoms with Crippen LogP contribution in [0.1, 0.15) is 55.4 Å². The van der Waals surface area contributed by atoms with Crippen molar-refractivity contribution in [3.63, 3.8) is 0 Å². The van der Waals surface area contributed by atoms with Gasteiger partial charge in [0, 0.05) is 9.75 Å². The zero-order chi connectivity index (χ0) is 29.0. The number of nitrogens with zero attached hydrogens (tertiary/aromatic N) is 1. The van der Waals surface area contributed by atoms with Gasteiger partial charge in [-0.05, 0) is 74.9 Å². The summed E-state index contributed by atoms with van der Waals surface area (Å²) in [7, 11) is 0. The van der Waals surface area contributed by atoms with Crippen LogP contribution in [-0.4, -0.2) is 47.3 Å². The Morgan fingerprint density at radius 2 is 1.62 bits per heavy atom. The van der Waals surface area contributed by atoms with Gasteiger partial charge in [0.2, 0.25) is 5.91 Å². The van der Waals surface area contributed by atoms with Gasteiger partial charge in [0.05, 0.1) is 31.7 Å². The fraction of sp³-hybridized carbons (Fsp3) is 0.433. The van der Waals surface area contributed by atoms with Crippen molar-refractivity contribution in [1.29, 1.82) is 0 Å². The highest BCUT2D eigenvalue weighted by Crippen LogP contribution is 2.24. The summed E-state index contributed by atoms with van der Waals surface area (Å²) in [5.41, 5.74) is 5.49. The van der Waals surface area contributed by atoms with Crippen molar-refractivity contribution in [2.24, 2.45) is 5.73 Å². The maximum absolute atomic E-state index is 14.0. The summed E-state index contributed by atoms with van der Waals surface area (Å²) in [5.74, 6) is -0.00942. The predicted molar refractivity (Wildman–Crippen MR) is 159 cm³/mol. The summed E-state index contributed by atoms with van der Waals surface area (Å²) >= 11 is 3.15. The van der Waals surface area contributed by atoms with Crippen molar-refractivity contribution in [2.75, 3.05) is 6.61 Å². The third-order valence-corrected chi connectivity index (χ3v) is 7.88. The fourth-order valence-electron chi connectivity index (χ4n) is 4.41. The molecule has 2 aromatic heterocycles. The van der Waals surface area contributed by atoms with E-state index < -0.39 is 23.8 Å². The van der Waals surface area contributed by atoms with E-state index in [0.29, 0.717) is 32.2 Å². The predicted octanol–water partition coefficient (Wildman–Crippen LogP) is 6.15. The molecule has 0 radical (unpaired) electrons. The first kappa shape index (κ1) is 31.2. The molecule has 0 saturated heterocycles. The molecule has 216 valence electrons. The zero-order valence-electron chi connectivity index (χ0n) is 23.3. The highest BCUT2D eigenvalue weighted by molar-refractivity contribution is 7.10. The Bertz CT molecular complexity index is 1180. The van der Waals surface area contributed by atoms with Crippen LogP contribution >= 0.6 is 22.7 Å². The Morgan fingerprint density at radius 1 is 0.950 bits per heavy atom. The number of alkyl carbamates (subject to hydrolysis) is 1. The second-order valence-electron chi connectivity index (χ2n) is 10.5. The number of ether oxygens (including phenoxy) is 2. The first-order valence-electron chi connectivity index (χ1n) is 13.4. The van der Waals surface area contributed by atoms with E-state index in [2.05, 4.69) is 5.32 Å². The smallest absolute Gasteiger partial charge is 0.407 e. The number of nitrogens with two attached hydrogens (primary N) is 1. The molecule has 0 aliphatic heterocycles. The second kappa shape index (κ2) is 15.4. The summed E-state index contributed by atoms with van der Waals surface area (Å²) in [5, 5.41) is 7.05. The van der Waals surface area contributed by atoms with Crippen LogP contribution in [0.5, 0.6) is 0 Å². The zero-order valence-corrected chi connectivity index (χ0v) is 25.0. The summed E-state index contributed by atoms with van der Waals surface area (Å²) in [6, 6.07) is 17.1. The lowest BCUT2D eigenvalue weighted by Crippen LogP contribution is -2.55. The van der Waals surface area contributed by atoms with Crippen LogP contribution < -0.4 is 11.1 Å². The number of carbonyl (C=O) groups excluding carboxylic acids is 3. The average molecular weight is 586 g/mol. The molecule has 3 rings (SSSR count). The molecule has 0 aliphatic carbocycles. The first-order valence-corrected chi connectivity index (χ1v) is 15.2. The lowest BCUT2D eigenvalue weighted by molar-refractivity contribution is -0.134. The van der Waals surface area contributed by atoms with Crippen LogP contribution in [-0.2, 0) is 33.7 Å². The molecule has 0 spiro atoms. The number of primary amides is 1. The molecule has 0 saturated carbocycles. The fourth-order valence-corrected chi connectivity index (χ4v) is 5.81. The van der Waals surface area contributed by atoms with Crippen molar-refractivity contribution in [2.45, 2.75) is 77.1 Å². The number of hydrogen-bond acceptors (Lipinski definition) is 7. The largest absolute Gasteiger partial charge is 0.450 e. The van der Waals surface area contributed by atoms with E-state index in [0.717, 1.165) is 15.3 Å². The second-order valence-corrected chi connectivity index (χ2v) is 12.6. The van der Waals surface area contributed by atoms with E-state index in [-0.39, 0.29) is 25.0 Å². The minimum Gasteiger partial charge on any atom is -0.450 e. The number of rotatable bonds is 14. The van der Waals surface area contributed by atoms with Gasteiger partial charge in [-0.25, -0.2) is 9.59 Å². The normalized spacial score (nSPS) is 12.8. The molecule has 40 heavy (non-hydrogen) atoms. The van der Waals surface area contributed by atoms with Crippen LogP contribution in [0.15, 0.2) is 65.4 Å². The van der Waals surface area contributed by atoms with Crippen LogP contribution in [0, 0.1) is 0 Å². The van der Waals surface area contributed by atoms with Gasteiger partial charge in [0.15, 0.2) is 0 Å². The highest BCUT2D eigenvalue weighted by atomic mass is 32.1. The number of hydrogen-bond donors (Lipinski definition) is 2. The Balaban J connectivity index is 1.95. The molecule has 2 heterocycles. The van der Waals surface area contributed by atoms with Crippen LogP contribution in [0.2, 0.25) is 0 Å². The van der Waals surface area contributed by atoms with E-state index in [1.54, 1.807) is 22.7 Å². The van der Waals surface area contributed by atoms with Gasteiger partial charge in [-0.2, -0.15) is 0 Å². The van der Waals surface area contributed by atoms with Crippen LogP contribution in [0.4, 0.5) is 9.59 Å². The van der Waals surface area contributed by atoms with Crippen molar-refractivity contribution in [3.05, 3.63) is 80.7 Å². The molecule has 2 atom stereocenters. The third kappa shape index (κ3) is 11.0. The Hall–Kier alpha value is -3.37. The molecule has 8 nitrogen and oxygen atoms in total. The van der Waals surface area contributed by atoms with E-state index in [1.165, 1.54) is 0 Å². The molecular formula is C30H39N3O5S2. The number of unbranched alkanes of at least 4 members (excludes halogenated alkanes) is 1. The van der Waals surface area contributed by atoms with E-state index >= 15 is 0 Å². The van der Waals surface area contributed by atoms with Crippen molar-refractivity contribution >= 4 is 40.8 Å². The number of nitrogens with one attached hydrogen (secondary N) is 1. The van der Waals surface area contributed by atoms with Gasteiger partial charge in [-0.1, -0.05) is 42.5 Å². The van der Waals surface area contributed by atoms with Gasteiger partial charge < -0.3 is 25.4 Å². The van der Waals surface area contributed by atoms with Crippen LogP contribution in [0.25, 0.3) is 0 Å². The topological polar surface area (TPSA) is 111 Å². The maximum atomic E-state index is 14.0. The van der Waals surface area contributed by atoms with Gasteiger partial charge in [-0.15, -0.1) is 22.7 Å². The van der Waals surface area contributed by atoms with Gasteiger partial charge >= 0.3 is 12.2 Å². The van der Waals surface area contributed by atoms with E-state index in [4.69, 9.17) is 15.2 Å². The molecule has 3 amide bonds. The molecule has 3 N–H and O–H groups in total. The number of benzene rings is 1. The summed E-state index contributed by atoms with van der Waals surface area (Å²) in [4.78, 5) is 42.0. The lowest BCUT2D eigenvalue weighted by Gasteiger charge is -2.38. The number of thiophene rings is 2. The third-order valence-electron chi connectivity index (χ3n) is 6.14. The van der Waals surface area contributed by atoms with Crippen molar-refractivity contribution in [3.8, 4) is 0 Å². The van der Waals surface area contributed by atoms with Gasteiger partial charge in [0.1, 0.15) is 5.60 Å². The standard InChI is InChI=1S/C30H39N3O5S2/c1-30(2,3)38-29(36)32-25(15-7-8-16-37-28(31)35)26(19-22-11-5-4-6-12-22)33(21-24-14-10-18-40-24)27(34)20-23-13-9-17-39-23/h4-6,9-14,17-18,25-26H,7-8,15-16,19-21H2,1-3H3,(H2,31,35)(H,32,36)/t25-,26?/m0/s1. The summed E-state index contributed by atoms with van der Waals surface area (Å²) < 4.78 is 10.5. The average Bonchev–Trinajstić information content (AvgIpc) is 3.59. The Morgan fingerprint density at radius 3 is 2.23 bits per heavy atom. The Labute approximate surface area is 244 Å². The van der Waals surface area contributed by atoms with Gasteiger partial charge in [0.25, 0.3) is 0 Å². The molecule has 0 aliphatic rings. The highest BCUT2D eigenvalue weighted by Gasteiger charge is 2.33. The van der Waals surface area contributed by atoms with E-state index in [1.807, 2.05) is 91.0 Å². The lowest BCUT2D eigenvalue weighted by atomic mass is 9.93. The molecule has 0 bridgehead atoms. The number of amides is 3. The van der Waals surface area contributed by atoms with E-state index in [9.17, 15) is 14.4 Å². The molecule has 10 heteroatoms. The molecule has 0 fully saturated rings. The molecule has 1 unspecified atom stereocenters. The number of carbonyl (C=O) groups is 3. The molecule has 1 aromatic carbocycles. The first-order chi connectivity index (χ1) is 19.1. The van der Waals surface area contributed by atoms with Gasteiger partial charge in [-0.3, -0.25) is 4.79 Å². The monoisotopic (exact) mass is 585 g/mol. The van der Waals surface area contributed by atoms with Crippen molar-refractivity contribution < 1.29 is 23.9 Å². The molecular weight excluding hydrogens is 546 g/mol. The van der Waals surface area contributed by atoms with Crippen LogP contribution in [0.3, 0.4) is 0 Å².